The zero-order chi connectivity index (χ0) is 19.9. The Morgan fingerprint density at radius 2 is 1.65 bits per heavy atom. The van der Waals surface area contributed by atoms with E-state index in [1.165, 1.54) is 35.7 Å². The number of hydrogen-bond donors (Lipinski definition) is 1. The molecule has 1 aromatic carbocycles. The first-order valence-corrected chi connectivity index (χ1v) is 10.2. The van der Waals surface area contributed by atoms with Crippen LogP contribution < -0.4 is 5.32 Å². The van der Waals surface area contributed by atoms with Crippen LogP contribution in [0.5, 0.6) is 0 Å². The summed E-state index contributed by atoms with van der Waals surface area (Å²) in [6, 6.07) is 4.93. The first kappa shape index (κ1) is 22.1. The topological polar surface area (TPSA) is 92.8 Å². The summed E-state index contributed by atoms with van der Waals surface area (Å²) in [6.07, 6.45) is 0.696. The maximum atomic E-state index is 12.5. The van der Waals surface area contributed by atoms with E-state index in [9.17, 15) is 18.0 Å². The van der Waals surface area contributed by atoms with Gasteiger partial charge in [-0.15, -0.1) is 0 Å². The molecule has 0 saturated heterocycles. The lowest BCUT2D eigenvalue weighted by Crippen LogP contribution is -2.45. The molecule has 0 radical (unpaired) electrons. The largest absolute Gasteiger partial charge is 0.467 e. The Balaban J connectivity index is 3.00. The quantitative estimate of drug-likeness (QED) is 0.658. The van der Waals surface area contributed by atoms with Gasteiger partial charge in [-0.1, -0.05) is 34.1 Å². The van der Waals surface area contributed by atoms with E-state index in [-0.39, 0.29) is 16.4 Å². The molecule has 8 heteroatoms. The van der Waals surface area contributed by atoms with Gasteiger partial charge in [-0.2, -0.15) is 4.31 Å². The average Bonchev–Trinajstić information content (AvgIpc) is 2.65. The molecule has 0 fully saturated rings. The third kappa shape index (κ3) is 5.04. The van der Waals surface area contributed by atoms with Crippen molar-refractivity contribution in [1.82, 2.24) is 9.62 Å². The monoisotopic (exact) mass is 384 g/mol. The van der Waals surface area contributed by atoms with E-state index in [1.54, 1.807) is 13.8 Å². The first-order valence-electron chi connectivity index (χ1n) is 8.71. The summed E-state index contributed by atoms with van der Waals surface area (Å²) in [6.45, 7) is 8.05. The molecule has 26 heavy (non-hydrogen) atoms. The highest BCUT2D eigenvalue weighted by Gasteiger charge is 2.27. The molecule has 0 saturated carbocycles. The number of nitrogens with zero attached hydrogens (tertiary/aromatic N) is 1. The van der Waals surface area contributed by atoms with Gasteiger partial charge in [0, 0.05) is 18.7 Å². The fourth-order valence-electron chi connectivity index (χ4n) is 2.51. The molecule has 1 rings (SSSR count). The maximum Gasteiger partial charge on any atom is 0.328 e. The second-order valence-corrected chi connectivity index (χ2v) is 7.91. The molecule has 0 aromatic heterocycles. The van der Waals surface area contributed by atoms with Crippen molar-refractivity contribution in [1.29, 1.82) is 0 Å². The van der Waals surface area contributed by atoms with Gasteiger partial charge in [-0.05, 0) is 30.2 Å². The van der Waals surface area contributed by atoms with Crippen molar-refractivity contribution in [2.75, 3.05) is 20.2 Å². The van der Waals surface area contributed by atoms with Crippen LogP contribution in [0.3, 0.4) is 0 Å². The van der Waals surface area contributed by atoms with Crippen LogP contribution in [-0.4, -0.2) is 50.8 Å². The number of ether oxygens (including phenoxy) is 1. The Morgan fingerprint density at radius 1 is 1.12 bits per heavy atom. The van der Waals surface area contributed by atoms with Gasteiger partial charge in [0.2, 0.25) is 10.0 Å². The molecule has 0 unspecified atom stereocenters. The van der Waals surface area contributed by atoms with Gasteiger partial charge < -0.3 is 10.1 Å². The molecule has 146 valence electrons. The number of esters is 1. The lowest BCUT2D eigenvalue weighted by atomic mass is 9.99. The summed E-state index contributed by atoms with van der Waals surface area (Å²) >= 11 is 0. The molecule has 2 atom stereocenters. The van der Waals surface area contributed by atoms with Crippen LogP contribution >= 0.6 is 0 Å². The molecule has 7 nitrogen and oxygen atoms in total. The summed E-state index contributed by atoms with van der Waals surface area (Å²) in [7, 11) is -2.30. The molecule has 0 aliphatic rings. The minimum absolute atomic E-state index is 0.0892. The smallest absolute Gasteiger partial charge is 0.328 e. The zero-order valence-electron chi connectivity index (χ0n) is 16.0. The van der Waals surface area contributed by atoms with Crippen LogP contribution in [0.4, 0.5) is 0 Å². The minimum Gasteiger partial charge on any atom is -0.467 e. The normalized spacial score (nSPS) is 13.9. The molecule has 0 aliphatic carbocycles. The van der Waals surface area contributed by atoms with E-state index in [0.29, 0.717) is 19.5 Å². The van der Waals surface area contributed by atoms with Gasteiger partial charge >= 0.3 is 5.97 Å². The van der Waals surface area contributed by atoms with E-state index >= 15 is 0 Å². The van der Waals surface area contributed by atoms with Crippen molar-refractivity contribution in [3.8, 4) is 0 Å². The predicted molar refractivity (Wildman–Crippen MR) is 99.3 cm³/mol. The second-order valence-electron chi connectivity index (χ2n) is 5.97. The summed E-state index contributed by atoms with van der Waals surface area (Å²) in [5.41, 5.74) is 0.278. The number of sulfonamides is 1. The third-order valence-corrected chi connectivity index (χ3v) is 6.48. The van der Waals surface area contributed by atoms with Crippen LogP contribution in [-0.2, 0) is 19.6 Å². The Hall–Kier alpha value is -1.93. The number of nitrogens with one attached hydrogen (secondary N) is 1. The average molecular weight is 384 g/mol. The lowest BCUT2D eigenvalue weighted by molar-refractivity contribution is -0.144. The summed E-state index contributed by atoms with van der Waals surface area (Å²) in [5.74, 6) is -1.05. The van der Waals surface area contributed by atoms with Crippen LogP contribution in [0, 0.1) is 5.92 Å². The highest BCUT2D eigenvalue weighted by Crippen LogP contribution is 2.17. The van der Waals surface area contributed by atoms with Gasteiger partial charge in [0.15, 0.2) is 0 Å². The van der Waals surface area contributed by atoms with Crippen molar-refractivity contribution in [3.05, 3.63) is 29.8 Å². The highest BCUT2D eigenvalue weighted by molar-refractivity contribution is 7.89. The number of methoxy groups -OCH3 is 1. The van der Waals surface area contributed by atoms with Crippen LogP contribution in [0.1, 0.15) is 44.5 Å². The summed E-state index contributed by atoms with van der Waals surface area (Å²) in [5, 5.41) is 2.66. The van der Waals surface area contributed by atoms with E-state index in [2.05, 4.69) is 5.32 Å². The number of hydrogen-bond acceptors (Lipinski definition) is 5. The zero-order valence-corrected chi connectivity index (χ0v) is 16.8. The predicted octanol–water partition coefficient (Wildman–Crippen LogP) is 2.03. The van der Waals surface area contributed by atoms with Gasteiger partial charge in [-0.25, -0.2) is 13.2 Å². The molecule has 0 spiro atoms. The Kier molecular flexibility index (Phi) is 8.23. The fraction of sp³-hybridized carbons (Fsp3) is 0.556. The SMILES string of the molecule is CC[C@@H](C)[C@@H](NC(=O)c1ccc(S(=O)(=O)N(CC)CC)cc1)C(=O)OC. The van der Waals surface area contributed by atoms with E-state index in [4.69, 9.17) is 4.74 Å². The number of carbonyl (C=O) groups is 2. The van der Waals surface area contributed by atoms with Crippen molar-refractivity contribution in [3.63, 3.8) is 0 Å². The summed E-state index contributed by atoms with van der Waals surface area (Å²) in [4.78, 5) is 24.4. The van der Waals surface area contributed by atoms with Crippen molar-refractivity contribution >= 4 is 21.9 Å². The van der Waals surface area contributed by atoms with Gasteiger partial charge in [0.25, 0.3) is 5.91 Å². The van der Waals surface area contributed by atoms with E-state index < -0.39 is 27.9 Å². The molecule has 0 heterocycles. The highest BCUT2D eigenvalue weighted by atomic mass is 32.2. The van der Waals surface area contributed by atoms with Gasteiger partial charge in [0.05, 0.1) is 12.0 Å². The Morgan fingerprint density at radius 3 is 2.08 bits per heavy atom. The van der Waals surface area contributed by atoms with Crippen molar-refractivity contribution in [2.45, 2.75) is 45.1 Å². The van der Waals surface area contributed by atoms with E-state index in [0.717, 1.165) is 0 Å². The lowest BCUT2D eigenvalue weighted by Gasteiger charge is -2.22. The van der Waals surface area contributed by atoms with Gasteiger partial charge in [-0.3, -0.25) is 4.79 Å². The fourth-order valence-corrected chi connectivity index (χ4v) is 3.97. The Labute approximate surface area is 155 Å². The molecule has 1 aromatic rings. The third-order valence-electron chi connectivity index (χ3n) is 4.41. The van der Waals surface area contributed by atoms with Gasteiger partial charge in [0.1, 0.15) is 6.04 Å². The number of rotatable bonds is 9. The molecule has 0 bridgehead atoms. The summed E-state index contributed by atoms with van der Waals surface area (Å²) < 4.78 is 31.0. The number of carbonyl (C=O) groups excluding carboxylic acids is 2. The second kappa shape index (κ2) is 9.68. The van der Waals surface area contributed by atoms with Crippen molar-refractivity contribution in [2.24, 2.45) is 5.92 Å². The first-order chi connectivity index (χ1) is 12.2. The molecular weight excluding hydrogens is 356 g/mol. The molecule has 1 amide bonds. The maximum absolute atomic E-state index is 12.5. The Bertz CT molecular complexity index is 712. The van der Waals surface area contributed by atoms with E-state index in [1.807, 2.05) is 13.8 Å². The standard InChI is InChI=1S/C18H28N2O5S/c1-6-13(4)16(18(22)25-5)19-17(21)14-9-11-15(12-10-14)26(23,24)20(7-2)8-3/h9-13,16H,6-8H2,1-5H3,(H,19,21)/t13-,16-/m1/s1. The van der Waals surface area contributed by atoms with Crippen LogP contribution in [0.25, 0.3) is 0 Å². The molecule has 1 N–H and O–H groups in total. The van der Waals surface area contributed by atoms with Crippen molar-refractivity contribution < 1.29 is 22.7 Å². The molecular formula is C18H28N2O5S. The number of amides is 1. The van der Waals surface area contributed by atoms with Crippen LogP contribution in [0.15, 0.2) is 29.2 Å². The molecule has 0 aliphatic heterocycles. The minimum atomic E-state index is -3.57. The van der Waals surface area contributed by atoms with Crippen LogP contribution in [0.2, 0.25) is 0 Å². The number of benzene rings is 1.